The van der Waals surface area contributed by atoms with Crippen LogP contribution in [0, 0.1) is 17.5 Å². The molecular weight excluding hydrogens is 369 g/mol. The van der Waals surface area contributed by atoms with E-state index >= 15 is 0 Å². The summed E-state index contributed by atoms with van der Waals surface area (Å²) in [6, 6.07) is 8.46. The first-order chi connectivity index (χ1) is 12.4. The lowest BCUT2D eigenvalue weighted by molar-refractivity contribution is 0.102. The highest BCUT2D eigenvalue weighted by atomic mass is 35.5. The van der Waals surface area contributed by atoms with Gasteiger partial charge in [-0.3, -0.25) is 4.79 Å². The second-order valence-electron chi connectivity index (χ2n) is 5.10. The fraction of sp³-hybridized carbons (Fsp3) is 0. The molecule has 3 aromatic rings. The van der Waals surface area contributed by atoms with Crippen LogP contribution in [0.2, 0.25) is 5.02 Å². The van der Waals surface area contributed by atoms with Crippen molar-refractivity contribution in [1.29, 1.82) is 0 Å². The Kier molecular flexibility index (Phi) is 5.04. The predicted molar refractivity (Wildman–Crippen MR) is 91.0 cm³/mol. The van der Waals surface area contributed by atoms with Gasteiger partial charge >= 0.3 is 0 Å². The van der Waals surface area contributed by atoms with Gasteiger partial charge in [-0.15, -0.1) is 0 Å². The normalized spacial score (nSPS) is 10.5. The zero-order valence-corrected chi connectivity index (χ0v) is 13.7. The summed E-state index contributed by atoms with van der Waals surface area (Å²) in [5.41, 5.74) is 0.0830. The molecule has 0 fully saturated rings. The predicted octanol–water partition coefficient (Wildman–Crippen LogP) is 4.54. The summed E-state index contributed by atoms with van der Waals surface area (Å²) in [4.78, 5) is 20.0. The fourth-order valence-electron chi connectivity index (χ4n) is 2.00. The van der Waals surface area contributed by atoms with Crippen LogP contribution in [-0.4, -0.2) is 15.9 Å². The zero-order valence-electron chi connectivity index (χ0n) is 12.9. The van der Waals surface area contributed by atoms with Crippen LogP contribution in [0.25, 0.3) is 0 Å². The highest BCUT2D eigenvalue weighted by Gasteiger charge is 2.16. The maximum Gasteiger partial charge on any atom is 0.275 e. The first-order valence-corrected chi connectivity index (χ1v) is 7.61. The van der Waals surface area contributed by atoms with E-state index in [1.807, 2.05) is 0 Å². The number of halogens is 4. The Hall–Kier alpha value is -3.13. The van der Waals surface area contributed by atoms with Crippen molar-refractivity contribution in [3.63, 3.8) is 0 Å². The highest BCUT2D eigenvalue weighted by molar-refractivity contribution is 6.30. The summed E-state index contributed by atoms with van der Waals surface area (Å²) in [5.74, 6) is -4.97. The van der Waals surface area contributed by atoms with Gasteiger partial charge in [-0.1, -0.05) is 11.6 Å². The van der Waals surface area contributed by atoms with Crippen molar-refractivity contribution in [3.8, 4) is 0 Å². The zero-order chi connectivity index (χ0) is 18.7. The molecule has 0 spiro atoms. The molecule has 2 aromatic carbocycles. The van der Waals surface area contributed by atoms with E-state index in [4.69, 9.17) is 11.6 Å². The smallest absolute Gasteiger partial charge is 0.275 e. The van der Waals surface area contributed by atoms with E-state index in [1.165, 1.54) is 6.20 Å². The standard InChI is InChI=1S/C17H10ClF3N4O/c18-9-1-3-10(4-2-9)24-14-8-22-13(7-23-14)17(26)25-12-6-5-11(19)15(20)16(12)21/h1-8H,(H,23,24)(H,25,26). The van der Waals surface area contributed by atoms with Crippen LogP contribution in [0.4, 0.5) is 30.4 Å². The first kappa shape index (κ1) is 17.7. The molecule has 9 heteroatoms. The van der Waals surface area contributed by atoms with E-state index in [-0.39, 0.29) is 5.69 Å². The number of amides is 1. The number of rotatable bonds is 4. The van der Waals surface area contributed by atoms with Crippen molar-refractivity contribution in [1.82, 2.24) is 9.97 Å². The fourth-order valence-corrected chi connectivity index (χ4v) is 2.13. The number of nitrogens with zero attached hydrogens (tertiary/aromatic N) is 2. The lowest BCUT2D eigenvalue weighted by Crippen LogP contribution is -2.16. The Morgan fingerprint density at radius 2 is 1.65 bits per heavy atom. The van der Waals surface area contributed by atoms with Gasteiger partial charge in [-0.25, -0.2) is 23.1 Å². The monoisotopic (exact) mass is 378 g/mol. The second-order valence-corrected chi connectivity index (χ2v) is 5.53. The van der Waals surface area contributed by atoms with Crippen LogP contribution in [-0.2, 0) is 0 Å². The van der Waals surface area contributed by atoms with Crippen molar-refractivity contribution in [2.75, 3.05) is 10.6 Å². The summed E-state index contributed by atoms with van der Waals surface area (Å²) in [6.07, 6.45) is 2.45. The number of anilines is 3. The van der Waals surface area contributed by atoms with Gasteiger partial charge in [0.2, 0.25) is 0 Å². The Morgan fingerprint density at radius 1 is 0.923 bits per heavy atom. The second kappa shape index (κ2) is 7.40. The maximum absolute atomic E-state index is 13.6. The van der Waals surface area contributed by atoms with Crippen LogP contribution in [0.15, 0.2) is 48.8 Å². The van der Waals surface area contributed by atoms with Gasteiger partial charge in [0.15, 0.2) is 17.5 Å². The third kappa shape index (κ3) is 3.92. The molecule has 5 nitrogen and oxygen atoms in total. The molecule has 0 saturated heterocycles. The molecule has 1 heterocycles. The Morgan fingerprint density at radius 3 is 2.31 bits per heavy atom. The minimum absolute atomic E-state index is 0.129. The first-order valence-electron chi connectivity index (χ1n) is 7.23. The van der Waals surface area contributed by atoms with Crippen molar-refractivity contribution < 1.29 is 18.0 Å². The van der Waals surface area contributed by atoms with Gasteiger partial charge in [0, 0.05) is 10.7 Å². The Labute approximate surface area is 150 Å². The molecule has 0 saturated carbocycles. The van der Waals surface area contributed by atoms with Gasteiger partial charge in [-0.05, 0) is 36.4 Å². The van der Waals surface area contributed by atoms with Crippen LogP contribution in [0.5, 0.6) is 0 Å². The number of aromatic nitrogens is 2. The number of hydrogen-bond donors (Lipinski definition) is 2. The molecular formula is C17H10ClF3N4O. The van der Waals surface area contributed by atoms with Crippen LogP contribution >= 0.6 is 11.6 Å². The molecule has 0 aliphatic heterocycles. The maximum atomic E-state index is 13.6. The molecule has 3 rings (SSSR count). The summed E-state index contributed by atoms with van der Waals surface area (Å²) in [7, 11) is 0. The third-order valence-electron chi connectivity index (χ3n) is 3.28. The van der Waals surface area contributed by atoms with Crippen LogP contribution < -0.4 is 10.6 Å². The number of nitrogens with one attached hydrogen (secondary N) is 2. The molecule has 0 aliphatic rings. The molecule has 26 heavy (non-hydrogen) atoms. The summed E-state index contributed by atoms with van der Waals surface area (Å²) < 4.78 is 39.7. The van der Waals surface area contributed by atoms with Crippen LogP contribution in [0.3, 0.4) is 0 Å². The molecule has 0 atom stereocenters. The molecule has 1 amide bonds. The van der Waals surface area contributed by atoms with Gasteiger partial charge in [-0.2, -0.15) is 0 Å². The topological polar surface area (TPSA) is 66.9 Å². The summed E-state index contributed by atoms with van der Waals surface area (Å²) in [5, 5.41) is 5.65. The lowest BCUT2D eigenvalue weighted by Gasteiger charge is -2.08. The number of benzene rings is 2. The van der Waals surface area contributed by atoms with Crippen molar-refractivity contribution in [2.24, 2.45) is 0 Å². The highest BCUT2D eigenvalue weighted by Crippen LogP contribution is 2.20. The third-order valence-corrected chi connectivity index (χ3v) is 3.54. The van der Waals surface area contributed by atoms with E-state index < -0.39 is 29.0 Å². The van der Waals surface area contributed by atoms with Crippen molar-refractivity contribution >= 4 is 34.7 Å². The van der Waals surface area contributed by atoms with Crippen LogP contribution in [0.1, 0.15) is 10.5 Å². The number of hydrogen-bond acceptors (Lipinski definition) is 4. The largest absolute Gasteiger partial charge is 0.339 e. The minimum Gasteiger partial charge on any atom is -0.339 e. The lowest BCUT2D eigenvalue weighted by atomic mass is 10.2. The van der Waals surface area contributed by atoms with Gasteiger partial charge in [0.25, 0.3) is 5.91 Å². The van der Waals surface area contributed by atoms with E-state index in [1.54, 1.807) is 24.3 Å². The average Bonchev–Trinajstić information content (AvgIpc) is 2.64. The van der Waals surface area contributed by atoms with Crippen molar-refractivity contribution in [2.45, 2.75) is 0 Å². The van der Waals surface area contributed by atoms with Gasteiger partial charge < -0.3 is 10.6 Å². The molecule has 0 radical (unpaired) electrons. The SMILES string of the molecule is O=C(Nc1ccc(F)c(F)c1F)c1cnc(Nc2ccc(Cl)cc2)cn1. The van der Waals surface area contributed by atoms with Gasteiger partial charge in [0.05, 0.1) is 18.1 Å². The Balaban J connectivity index is 1.71. The molecule has 1 aromatic heterocycles. The summed E-state index contributed by atoms with van der Waals surface area (Å²) >= 11 is 5.80. The minimum atomic E-state index is -1.67. The van der Waals surface area contributed by atoms with E-state index in [9.17, 15) is 18.0 Å². The number of carbonyl (C=O) groups excluding carboxylic acids is 1. The molecule has 2 N–H and O–H groups in total. The Bertz CT molecular complexity index is 949. The number of carbonyl (C=O) groups is 1. The molecule has 0 bridgehead atoms. The quantitative estimate of drug-likeness (QED) is 0.654. The van der Waals surface area contributed by atoms with E-state index in [0.29, 0.717) is 22.6 Å². The van der Waals surface area contributed by atoms with Gasteiger partial charge in [0.1, 0.15) is 11.5 Å². The van der Waals surface area contributed by atoms with E-state index in [2.05, 4.69) is 20.6 Å². The molecule has 0 unspecified atom stereocenters. The van der Waals surface area contributed by atoms with E-state index in [0.717, 1.165) is 12.3 Å². The summed E-state index contributed by atoms with van der Waals surface area (Å²) in [6.45, 7) is 0. The average molecular weight is 379 g/mol. The van der Waals surface area contributed by atoms with Crippen molar-refractivity contribution in [3.05, 3.63) is 77.0 Å². The molecule has 0 aliphatic carbocycles. The molecule has 132 valence electrons.